The van der Waals surface area contributed by atoms with Gasteiger partial charge in [-0.25, -0.2) is 0 Å². The lowest BCUT2D eigenvalue weighted by Crippen LogP contribution is -2.51. The average molecular weight is 279 g/mol. The molecule has 2 aliphatic rings. The lowest BCUT2D eigenvalue weighted by Gasteiger charge is -2.41. The van der Waals surface area contributed by atoms with Gasteiger partial charge in [0.25, 0.3) is 0 Å². The summed E-state index contributed by atoms with van der Waals surface area (Å²) in [5.74, 6) is 0.947. The molecule has 20 heavy (non-hydrogen) atoms. The van der Waals surface area contributed by atoms with Crippen LogP contribution >= 0.6 is 0 Å². The van der Waals surface area contributed by atoms with Gasteiger partial charge in [-0.05, 0) is 33.6 Å². The highest BCUT2D eigenvalue weighted by molar-refractivity contribution is 5.06. The third kappa shape index (κ3) is 3.81. The number of morpholine rings is 1. The van der Waals surface area contributed by atoms with E-state index in [1.54, 1.807) is 0 Å². The largest absolute Gasteiger partial charge is 0.370 e. The lowest BCUT2D eigenvalue weighted by atomic mass is 10.1. The van der Waals surface area contributed by atoms with E-state index in [4.69, 9.17) is 9.26 Å². The van der Waals surface area contributed by atoms with Crippen LogP contribution in [0.15, 0.2) is 10.6 Å². The summed E-state index contributed by atoms with van der Waals surface area (Å²) in [6.45, 7) is 9.90. The first-order chi connectivity index (χ1) is 9.50. The predicted molar refractivity (Wildman–Crippen MR) is 76.3 cm³/mol. The fraction of sp³-hybridized carbons (Fsp3) is 0.800. The van der Waals surface area contributed by atoms with Gasteiger partial charge in [0, 0.05) is 31.7 Å². The molecule has 2 heterocycles. The first kappa shape index (κ1) is 14.0. The second kappa shape index (κ2) is 5.47. The maximum absolute atomic E-state index is 5.92. The standard InChI is InChI=1S/C15H25N3O2/c1-11-8-18(10-15(2,3)19-11)9-14-6-13(17-20-14)7-16-12-4-5-12/h6,11-12,16H,4-5,7-10H2,1-3H3. The normalized spacial score (nSPS) is 26.9. The first-order valence-electron chi connectivity index (χ1n) is 7.58. The summed E-state index contributed by atoms with van der Waals surface area (Å²) in [4.78, 5) is 2.38. The Kier molecular flexibility index (Phi) is 3.84. The summed E-state index contributed by atoms with van der Waals surface area (Å²) >= 11 is 0. The molecule has 5 nitrogen and oxygen atoms in total. The molecule has 2 fully saturated rings. The molecule has 0 radical (unpaired) electrons. The minimum absolute atomic E-state index is 0.0892. The van der Waals surface area contributed by atoms with E-state index in [2.05, 4.69) is 42.2 Å². The Morgan fingerprint density at radius 3 is 2.95 bits per heavy atom. The number of hydrogen-bond acceptors (Lipinski definition) is 5. The highest BCUT2D eigenvalue weighted by atomic mass is 16.5. The number of rotatable bonds is 5. The zero-order valence-corrected chi connectivity index (χ0v) is 12.7. The summed E-state index contributed by atoms with van der Waals surface area (Å²) in [5, 5.41) is 7.60. The van der Waals surface area contributed by atoms with Crippen molar-refractivity contribution in [1.29, 1.82) is 0 Å². The third-order valence-corrected chi connectivity index (χ3v) is 3.78. The summed E-state index contributed by atoms with van der Waals surface area (Å²) in [7, 11) is 0. The Morgan fingerprint density at radius 2 is 2.25 bits per heavy atom. The molecule has 0 amide bonds. The van der Waals surface area contributed by atoms with Crippen LogP contribution in [0.2, 0.25) is 0 Å². The van der Waals surface area contributed by atoms with Crippen molar-refractivity contribution in [3.63, 3.8) is 0 Å². The summed E-state index contributed by atoms with van der Waals surface area (Å²) in [6, 6.07) is 2.78. The van der Waals surface area contributed by atoms with E-state index in [-0.39, 0.29) is 11.7 Å². The van der Waals surface area contributed by atoms with Gasteiger partial charge in [0.15, 0.2) is 5.76 Å². The number of nitrogens with zero attached hydrogens (tertiary/aromatic N) is 2. The van der Waals surface area contributed by atoms with Gasteiger partial charge in [0.2, 0.25) is 0 Å². The molecule has 1 unspecified atom stereocenters. The van der Waals surface area contributed by atoms with Gasteiger partial charge < -0.3 is 14.6 Å². The van der Waals surface area contributed by atoms with Crippen molar-refractivity contribution in [1.82, 2.24) is 15.4 Å². The smallest absolute Gasteiger partial charge is 0.151 e. The molecule has 1 aliphatic carbocycles. The molecule has 5 heteroatoms. The Labute approximate surface area is 120 Å². The van der Waals surface area contributed by atoms with Gasteiger partial charge in [0.05, 0.1) is 23.9 Å². The molecular weight excluding hydrogens is 254 g/mol. The van der Waals surface area contributed by atoms with E-state index >= 15 is 0 Å². The molecule has 0 aromatic carbocycles. The van der Waals surface area contributed by atoms with Crippen molar-refractivity contribution in [2.24, 2.45) is 0 Å². The second-order valence-corrected chi connectivity index (χ2v) is 6.80. The molecule has 1 saturated carbocycles. The van der Waals surface area contributed by atoms with Gasteiger partial charge in [-0.15, -0.1) is 0 Å². The second-order valence-electron chi connectivity index (χ2n) is 6.80. The van der Waals surface area contributed by atoms with Crippen LogP contribution < -0.4 is 5.32 Å². The molecular formula is C15H25N3O2. The van der Waals surface area contributed by atoms with Gasteiger partial charge in [0.1, 0.15) is 0 Å². The van der Waals surface area contributed by atoms with Crippen molar-refractivity contribution < 1.29 is 9.26 Å². The maximum Gasteiger partial charge on any atom is 0.151 e. The van der Waals surface area contributed by atoms with Crippen molar-refractivity contribution >= 4 is 0 Å². The molecule has 1 N–H and O–H groups in total. The Bertz CT molecular complexity index is 454. The van der Waals surface area contributed by atoms with Crippen LogP contribution in [-0.2, 0) is 17.8 Å². The highest BCUT2D eigenvalue weighted by Gasteiger charge is 2.31. The molecule has 3 rings (SSSR count). The summed E-state index contributed by atoms with van der Waals surface area (Å²) in [6.07, 6.45) is 2.86. The van der Waals surface area contributed by atoms with E-state index in [0.29, 0.717) is 6.04 Å². The van der Waals surface area contributed by atoms with Crippen LogP contribution in [0.1, 0.15) is 45.1 Å². The zero-order chi connectivity index (χ0) is 14.2. The van der Waals surface area contributed by atoms with E-state index in [1.165, 1.54) is 12.8 Å². The molecule has 1 atom stereocenters. The molecule has 1 aromatic heterocycles. The van der Waals surface area contributed by atoms with Gasteiger partial charge in [-0.3, -0.25) is 4.90 Å². The number of nitrogens with one attached hydrogen (secondary N) is 1. The van der Waals surface area contributed by atoms with Crippen LogP contribution in [0.25, 0.3) is 0 Å². The van der Waals surface area contributed by atoms with Gasteiger partial charge in [-0.1, -0.05) is 5.16 Å². The minimum atomic E-state index is -0.0892. The number of hydrogen-bond donors (Lipinski definition) is 1. The highest BCUT2D eigenvalue weighted by Crippen LogP contribution is 2.23. The van der Waals surface area contributed by atoms with Crippen LogP contribution in [0.5, 0.6) is 0 Å². The molecule has 1 aliphatic heterocycles. The van der Waals surface area contributed by atoms with Gasteiger partial charge in [-0.2, -0.15) is 0 Å². The van der Waals surface area contributed by atoms with Gasteiger partial charge >= 0.3 is 0 Å². The molecule has 0 spiro atoms. The molecule has 1 saturated heterocycles. The minimum Gasteiger partial charge on any atom is -0.370 e. The topological polar surface area (TPSA) is 50.5 Å². The van der Waals surface area contributed by atoms with Crippen molar-refractivity contribution in [2.45, 2.75) is 64.4 Å². The third-order valence-electron chi connectivity index (χ3n) is 3.78. The molecule has 1 aromatic rings. The Hall–Kier alpha value is -0.910. The molecule has 0 bridgehead atoms. The van der Waals surface area contributed by atoms with Crippen LogP contribution in [0.3, 0.4) is 0 Å². The van der Waals surface area contributed by atoms with Crippen LogP contribution in [0, 0.1) is 0 Å². The van der Waals surface area contributed by atoms with Crippen molar-refractivity contribution in [3.8, 4) is 0 Å². The fourth-order valence-corrected chi connectivity index (χ4v) is 2.98. The zero-order valence-electron chi connectivity index (χ0n) is 12.7. The monoisotopic (exact) mass is 279 g/mol. The van der Waals surface area contributed by atoms with Crippen molar-refractivity contribution in [2.75, 3.05) is 13.1 Å². The number of aromatic nitrogens is 1. The SMILES string of the molecule is CC1CN(Cc2cc(CNC3CC3)no2)CC(C)(C)O1. The quantitative estimate of drug-likeness (QED) is 0.892. The lowest BCUT2D eigenvalue weighted by molar-refractivity contribution is -0.131. The van der Waals surface area contributed by atoms with Crippen molar-refractivity contribution in [3.05, 3.63) is 17.5 Å². The first-order valence-corrected chi connectivity index (χ1v) is 7.58. The fourth-order valence-electron chi connectivity index (χ4n) is 2.98. The molecule has 112 valence electrons. The average Bonchev–Trinajstić information content (AvgIpc) is 3.05. The summed E-state index contributed by atoms with van der Waals surface area (Å²) in [5.41, 5.74) is 0.918. The van der Waals surface area contributed by atoms with Crippen LogP contribution in [-0.4, -0.2) is 40.9 Å². The van der Waals surface area contributed by atoms with E-state index in [9.17, 15) is 0 Å². The van der Waals surface area contributed by atoms with E-state index in [1.807, 2.05) is 0 Å². The predicted octanol–water partition coefficient (Wildman–Crippen LogP) is 1.93. The van der Waals surface area contributed by atoms with E-state index in [0.717, 1.165) is 37.6 Å². The number of ether oxygens (including phenoxy) is 1. The Balaban J connectivity index is 1.53. The maximum atomic E-state index is 5.92. The van der Waals surface area contributed by atoms with E-state index < -0.39 is 0 Å². The summed E-state index contributed by atoms with van der Waals surface area (Å²) < 4.78 is 11.4. The van der Waals surface area contributed by atoms with Crippen LogP contribution in [0.4, 0.5) is 0 Å². The Morgan fingerprint density at radius 1 is 1.45 bits per heavy atom.